The second-order valence-electron chi connectivity index (χ2n) is 6.46. The summed E-state index contributed by atoms with van der Waals surface area (Å²) in [6.45, 7) is 0.0467. The van der Waals surface area contributed by atoms with Gasteiger partial charge in [-0.05, 0) is 24.8 Å². The lowest BCUT2D eigenvalue weighted by atomic mass is 9.33. The first kappa shape index (κ1) is 15.3. The number of ether oxygens (including phenoxy) is 1. The molecule has 1 aromatic carbocycles. The number of nitrogens with one attached hydrogen (secondary N) is 1. The Bertz CT molecular complexity index is 636. The second-order valence-corrected chi connectivity index (χ2v) is 6.46. The van der Waals surface area contributed by atoms with E-state index in [1.54, 1.807) is 12.1 Å². The molecule has 3 saturated carbocycles. The van der Waals surface area contributed by atoms with Gasteiger partial charge in [-0.3, -0.25) is 4.79 Å². The van der Waals surface area contributed by atoms with Gasteiger partial charge in [0.05, 0.1) is 5.41 Å². The normalized spacial score (nSPS) is 28.7. The van der Waals surface area contributed by atoms with Crippen molar-refractivity contribution >= 4 is 18.0 Å². The number of hydrogen-bond acceptors (Lipinski definition) is 4. The molecule has 0 radical (unpaired) electrons. The lowest BCUT2D eigenvalue weighted by Crippen LogP contribution is -2.73. The van der Waals surface area contributed by atoms with Crippen LogP contribution < -0.4 is 5.32 Å². The third kappa shape index (κ3) is 2.52. The van der Waals surface area contributed by atoms with Crippen molar-refractivity contribution in [3.8, 4) is 0 Å². The molecule has 7 heteroatoms. The van der Waals surface area contributed by atoms with Gasteiger partial charge in [0.25, 0.3) is 0 Å². The number of amides is 1. The summed E-state index contributed by atoms with van der Waals surface area (Å²) in [7, 11) is 0. The number of rotatable bonds is 6. The van der Waals surface area contributed by atoms with E-state index in [2.05, 4.69) is 5.32 Å². The average Bonchev–Trinajstić information content (AvgIpc) is 2.42. The van der Waals surface area contributed by atoms with Gasteiger partial charge < -0.3 is 20.3 Å². The third-order valence-corrected chi connectivity index (χ3v) is 4.86. The number of alkyl carbamates (subject to hydrolysis) is 1. The Morgan fingerprint density at radius 2 is 1.74 bits per heavy atom. The molecular weight excluding hydrogens is 302 g/mol. The molecular formula is C16H17NO6. The van der Waals surface area contributed by atoms with Gasteiger partial charge in [0.1, 0.15) is 12.6 Å². The third-order valence-electron chi connectivity index (χ3n) is 4.86. The van der Waals surface area contributed by atoms with Gasteiger partial charge in [-0.1, -0.05) is 30.3 Å². The van der Waals surface area contributed by atoms with Gasteiger partial charge in [-0.2, -0.15) is 0 Å². The standard InChI is InChI=1S/C16H17NO6/c18-12(19)11(15-7-16(8-15,9-15)13(20)21)17-14(22)23-6-10-4-2-1-3-5-10/h1-5,11H,6-9H2,(H,17,22)(H,18,19)(H,20,21)/t11-,15?,16?/m1/s1. The highest BCUT2D eigenvalue weighted by Crippen LogP contribution is 2.74. The lowest BCUT2D eigenvalue weighted by Gasteiger charge is -2.69. The molecule has 1 amide bonds. The molecule has 3 aliphatic rings. The van der Waals surface area contributed by atoms with Gasteiger partial charge in [-0.25, -0.2) is 9.59 Å². The summed E-state index contributed by atoms with van der Waals surface area (Å²) in [5, 5.41) is 20.8. The van der Waals surface area contributed by atoms with Gasteiger partial charge >= 0.3 is 18.0 Å². The van der Waals surface area contributed by atoms with Crippen LogP contribution in [0.15, 0.2) is 30.3 Å². The molecule has 7 nitrogen and oxygen atoms in total. The largest absolute Gasteiger partial charge is 0.481 e. The maximum Gasteiger partial charge on any atom is 0.408 e. The minimum atomic E-state index is -1.17. The van der Waals surface area contributed by atoms with E-state index in [9.17, 15) is 19.5 Å². The van der Waals surface area contributed by atoms with Crippen molar-refractivity contribution in [2.75, 3.05) is 0 Å². The van der Waals surface area contributed by atoms with Gasteiger partial charge in [0, 0.05) is 5.41 Å². The predicted molar refractivity (Wildman–Crippen MR) is 77.5 cm³/mol. The van der Waals surface area contributed by atoms with Crippen LogP contribution in [0.2, 0.25) is 0 Å². The SMILES string of the molecule is O=C(N[C@H](C(=O)O)C12CC(C(=O)O)(C1)C2)OCc1ccccc1. The Labute approximate surface area is 132 Å². The molecule has 3 fully saturated rings. The quantitative estimate of drug-likeness (QED) is 0.734. The first-order chi connectivity index (χ1) is 10.9. The Hall–Kier alpha value is -2.57. The van der Waals surface area contributed by atoms with Crippen LogP contribution in [-0.2, 0) is 20.9 Å². The number of benzene rings is 1. The Balaban J connectivity index is 1.56. The van der Waals surface area contributed by atoms with E-state index < -0.39 is 34.9 Å². The Kier molecular flexibility index (Phi) is 3.50. The zero-order valence-electron chi connectivity index (χ0n) is 12.3. The van der Waals surface area contributed by atoms with Crippen LogP contribution in [0, 0.1) is 10.8 Å². The van der Waals surface area contributed by atoms with E-state index in [0.717, 1.165) is 5.56 Å². The van der Waals surface area contributed by atoms with Crippen LogP contribution in [0.3, 0.4) is 0 Å². The number of carbonyl (C=O) groups excluding carboxylic acids is 1. The molecule has 0 saturated heterocycles. The van der Waals surface area contributed by atoms with E-state index in [0.29, 0.717) is 0 Å². The van der Waals surface area contributed by atoms with Gasteiger partial charge in [-0.15, -0.1) is 0 Å². The molecule has 1 atom stereocenters. The van der Waals surface area contributed by atoms with Crippen LogP contribution in [0.1, 0.15) is 24.8 Å². The summed E-state index contributed by atoms with van der Waals surface area (Å²) in [5.41, 5.74) is -0.649. The maximum atomic E-state index is 11.8. The highest BCUT2D eigenvalue weighted by molar-refractivity contribution is 5.85. The Morgan fingerprint density at radius 1 is 1.13 bits per heavy atom. The molecule has 0 aromatic heterocycles. The molecule has 2 bridgehead atoms. The van der Waals surface area contributed by atoms with Crippen LogP contribution in [0.4, 0.5) is 4.79 Å². The van der Waals surface area contributed by atoms with Crippen molar-refractivity contribution in [3.05, 3.63) is 35.9 Å². The molecule has 0 heterocycles. The topological polar surface area (TPSA) is 113 Å². The van der Waals surface area contributed by atoms with Gasteiger partial charge in [0.15, 0.2) is 0 Å². The minimum absolute atomic E-state index is 0.0467. The Morgan fingerprint density at radius 3 is 2.26 bits per heavy atom. The summed E-state index contributed by atoms with van der Waals surface area (Å²) < 4.78 is 5.03. The van der Waals surface area contributed by atoms with E-state index in [4.69, 9.17) is 9.84 Å². The van der Waals surface area contributed by atoms with E-state index >= 15 is 0 Å². The second kappa shape index (κ2) is 5.26. The fourth-order valence-corrected chi connectivity index (χ4v) is 3.76. The van der Waals surface area contributed by atoms with Crippen LogP contribution >= 0.6 is 0 Å². The summed E-state index contributed by atoms with van der Waals surface area (Å²) >= 11 is 0. The average molecular weight is 319 g/mol. The molecule has 4 rings (SSSR count). The summed E-state index contributed by atoms with van der Waals surface area (Å²) in [5.74, 6) is -2.06. The number of carboxylic acid groups (broad SMARTS) is 2. The van der Waals surface area contributed by atoms with E-state index in [1.807, 2.05) is 18.2 Å². The van der Waals surface area contributed by atoms with Crippen molar-refractivity contribution in [2.45, 2.75) is 31.9 Å². The fraction of sp³-hybridized carbons (Fsp3) is 0.438. The summed E-state index contributed by atoms with van der Waals surface area (Å²) in [4.78, 5) is 34.4. The first-order valence-electron chi connectivity index (χ1n) is 7.30. The number of carboxylic acids is 2. The van der Waals surface area contributed by atoms with Crippen LogP contribution in [0.5, 0.6) is 0 Å². The molecule has 3 N–H and O–H groups in total. The highest BCUT2D eigenvalue weighted by atomic mass is 16.5. The predicted octanol–water partition coefficient (Wildman–Crippen LogP) is 1.62. The maximum absolute atomic E-state index is 11.8. The number of aliphatic carboxylic acids is 2. The van der Waals surface area contributed by atoms with E-state index in [1.165, 1.54) is 0 Å². The van der Waals surface area contributed by atoms with Crippen molar-refractivity contribution < 1.29 is 29.3 Å². The summed E-state index contributed by atoms with van der Waals surface area (Å²) in [6, 6.07) is 7.92. The molecule has 3 aliphatic carbocycles. The van der Waals surface area contributed by atoms with E-state index in [-0.39, 0.29) is 25.9 Å². The highest BCUT2D eigenvalue weighted by Gasteiger charge is 2.75. The van der Waals surface area contributed by atoms with Crippen molar-refractivity contribution in [1.29, 1.82) is 0 Å². The fourth-order valence-electron chi connectivity index (χ4n) is 3.76. The van der Waals surface area contributed by atoms with Crippen molar-refractivity contribution in [1.82, 2.24) is 5.32 Å². The van der Waals surface area contributed by atoms with Crippen molar-refractivity contribution in [2.24, 2.45) is 10.8 Å². The van der Waals surface area contributed by atoms with Crippen molar-refractivity contribution in [3.63, 3.8) is 0 Å². The molecule has 0 spiro atoms. The molecule has 1 aromatic rings. The van der Waals surface area contributed by atoms with Crippen LogP contribution in [-0.4, -0.2) is 34.3 Å². The molecule has 23 heavy (non-hydrogen) atoms. The minimum Gasteiger partial charge on any atom is -0.481 e. The first-order valence-corrected chi connectivity index (χ1v) is 7.30. The smallest absolute Gasteiger partial charge is 0.408 e. The number of carbonyl (C=O) groups is 3. The zero-order chi connectivity index (χ0) is 16.7. The molecule has 0 aliphatic heterocycles. The van der Waals surface area contributed by atoms with Crippen LogP contribution in [0.25, 0.3) is 0 Å². The summed E-state index contributed by atoms with van der Waals surface area (Å²) in [6.07, 6.45) is 0.0391. The molecule has 0 unspecified atom stereocenters. The van der Waals surface area contributed by atoms with Gasteiger partial charge in [0.2, 0.25) is 0 Å². The monoisotopic (exact) mass is 319 g/mol. The lowest BCUT2D eigenvalue weighted by molar-refractivity contribution is -0.234. The molecule has 122 valence electrons. The zero-order valence-corrected chi connectivity index (χ0v) is 12.3. The number of hydrogen-bond donors (Lipinski definition) is 3.